The number of pyridine rings is 1. The molecule has 0 atom stereocenters. The minimum Gasteiger partial charge on any atom is -0.497 e. The fraction of sp³-hybridized carbons (Fsp3) is 0.0556. The Labute approximate surface area is 138 Å². The highest BCUT2D eigenvalue weighted by Gasteiger charge is 2.05. The molecule has 0 aliphatic heterocycles. The second-order valence-corrected chi connectivity index (χ2v) is 5.15. The molecule has 6 nitrogen and oxygen atoms in total. The van der Waals surface area contributed by atoms with Gasteiger partial charge in [0, 0.05) is 48.2 Å². The Balaban J connectivity index is 1.57. The van der Waals surface area contributed by atoms with Crippen LogP contribution in [0.5, 0.6) is 17.5 Å². The van der Waals surface area contributed by atoms with Crippen LogP contribution in [0.2, 0.25) is 0 Å². The van der Waals surface area contributed by atoms with E-state index in [1.54, 1.807) is 31.8 Å². The number of hydrogen-bond donors (Lipinski definition) is 0. The first-order valence-corrected chi connectivity index (χ1v) is 7.39. The number of hydrogen-bond acceptors (Lipinski definition) is 5. The number of ether oxygens (including phenoxy) is 2. The molecular weight excluding hydrogens is 304 g/mol. The first-order valence-electron chi connectivity index (χ1n) is 7.39. The van der Waals surface area contributed by atoms with E-state index in [4.69, 9.17) is 9.47 Å². The van der Waals surface area contributed by atoms with Crippen molar-refractivity contribution in [3.05, 3.63) is 67.4 Å². The van der Waals surface area contributed by atoms with Crippen LogP contribution in [0.15, 0.2) is 67.4 Å². The summed E-state index contributed by atoms with van der Waals surface area (Å²) in [4.78, 5) is 12.8. The first-order chi connectivity index (χ1) is 11.8. The number of benzene rings is 1. The molecule has 118 valence electrons. The van der Waals surface area contributed by atoms with Gasteiger partial charge < -0.3 is 13.9 Å². The third kappa shape index (κ3) is 2.77. The zero-order chi connectivity index (χ0) is 16.4. The molecule has 24 heavy (non-hydrogen) atoms. The van der Waals surface area contributed by atoms with Gasteiger partial charge in [0.05, 0.1) is 7.11 Å². The smallest absolute Gasteiger partial charge is 0.321 e. The van der Waals surface area contributed by atoms with Crippen molar-refractivity contribution in [3.8, 4) is 28.6 Å². The van der Waals surface area contributed by atoms with Crippen LogP contribution in [-0.2, 0) is 0 Å². The molecule has 4 aromatic rings. The van der Waals surface area contributed by atoms with E-state index in [2.05, 4.69) is 15.0 Å². The van der Waals surface area contributed by atoms with Crippen molar-refractivity contribution in [2.75, 3.05) is 7.11 Å². The summed E-state index contributed by atoms with van der Waals surface area (Å²) in [6.07, 6.45) is 9.13. The Morgan fingerprint density at radius 1 is 0.917 bits per heavy atom. The van der Waals surface area contributed by atoms with Crippen molar-refractivity contribution in [3.63, 3.8) is 0 Å². The van der Waals surface area contributed by atoms with Crippen molar-refractivity contribution in [2.45, 2.75) is 0 Å². The Morgan fingerprint density at radius 3 is 2.58 bits per heavy atom. The maximum absolute atomic E-state index is 5.65. The highest BCUT2D eigenvalue weighted by Crippen LogP contribution is 2.24. The van der Waals surface area contributed by atoms with E-state index in [0.29, 0.717) is 5.75 Å². The predicted molar refractivity (Wildman–Crippen MR) is 89.3 cm³/mol. The lowest BCUT2D eigenvalue weighted by molar-refractivity contribution is 0.404. The van der Waals surface area contributed by atoms with Gasteiger partial charge in [-0.05, 0) is 24.3 Å². The fourth-order valence-corrected chi connectivity index (χ4v) is 2.38. The van der Waals surface area contributed by atoms with Gasteiger partial charge in [0.2, 0.25) is 0 Å². The number of aromatic nitrogens is 4. The summed E-state index contributed by atoms with van der Waals surface area (Å²) >= 11 is 0. The average Bonchev–Trinajstić information content (AvgIpc) is 3.10. The van der Waals surface area contributed by atoms with Crippen LogP contribution >= 0.6 is 0 Å². The van der Waals surface area contributed by atoms with Crippen LogP contribution in [0.3, 0.4) is 0 Å². The minimum absolute atomic E-state index is 0.288. The normalized spacial score (nSPS) is 10.7. The van der Waals surface area contributed by atoms with Gasteiger partial charge in [-0.25, -0.2) is 15.0 Å². The van der Waals surface area contributed by atoms with Gasteiger partial charge in [-0.3, -0.25) is 0 Å². The van der Waals surface area contributed by atoms with Crippen molar-refractivity contribution >= 4 is 5.65 Å². The van der Waals surface area contributed by atoms with Gasteiger partial charge in [-0.1, -0.05) is 6.07 Å². The Hall–Kier alpha value is -3.41. The molecule has 0 aliphatic carbocycles. The third-order valence-electron chi connectivity index (χ3n) is 3.60. The van der Waals surface area contributed by atoms with E-state index in [-0.39, 0.29) is 6.01 Å². The van der Waals surface area contributed by atoms with Crippen LogP contribution < -0.4 is 9.47 Å². The Bertz CT molecular complexity index is 980. The van der Waals surface area contributed by atoms with Gasteiger partial charge in [0.25, 0.3) is 0 Å². The summed E-state index contributed by atoms with van der Waals surface area (Å²) in [7, 11) is 1.61. The molecule has 0 N–H and O–H groups in total. The van der Waals surface area contributed by atoms with Gasteiger partial charge in [0.1, 0.15) is 17.1 Å². The zero-order valence-electron chi connectivity index (χ0n) is 13.0. The quantitative estimate of drug-likeness (QED) is 0.575. The predicted octanol–water partition coefficient (Wildman–Crippen LogP) is 3.59. The molecular formula is C18H14N4O2. The molecule has 0 unspecified atom stereocenters. The van der Waals surface area contributed by atoms with Crippen molar-refractivity contribution in [1.29, 1.82) is 0 Å². The van der Waals surface area contributed by atoms with E-state index in [1.807, 2.05) is 47.1 Å². The lowest BCUT2D eigenvalue weighted by Crippen LogP contribution is -1.93. The van der Waals surface area contributed by atoms with E-state index < -0.39 is 0 Å². The number of fused-ring (bicyclic) bond motifs is 1. The summed E-state index contributed by atoms with van der Waals surface area (Å²) in [5.74, 6) is 1.35. The largest absolute Gasteiger partial charge is 0.497 e. The van der Waals surface area contributed by atoms with E-state index >= 15 is 0 Å². The van der Waals surface area contributed by atoms with Crippen LogP contribution in [0, 0.1) is 0 Å². The molecule has 3 heterocycles. The maximum atomic E-state index is 5.65. The molecule has 0 bridgehead atoms. The molecule has 6 heteroatoms. The van der Waals surface area contributed by atoms with Gasteiger partial charge in [-0.2, -0.15) is 0 Å². The van der Waals surface area contributed by atoms with Crippen LogP contribution in [0.1, 0.15) is 0 Å². The summed E-state index contributed by atoms with van der Waals surface area (Å²) in [6.45, 7) is 0. The van der Waals surface area contributed by atoms with Gasteiger partial charge in [-0.15, -0.1) is 0 Å². The summed E-state index contributed by atoms with van der Waals surface area (Å²) in [5, 5.41) is 0. The summed E-state index contributed by atoms with van der Waals surface area (Å²) < 4.78 is 12.8. The van der Waals surface area contributed by atoms with Gasteiger partial charge in [0.15, 0.2) is 0 Å². The number of rotatable bonds is 4. The monoisotopic (exact) mass is 318 g/mol. The Kier molecular flexibility index (Phi) is 3.55. The first kappa shape index (κ1) is 14.2. The molecule has 0 aliphatic rings. The summed E-state index contributed by atoms with van der Waals surface area (Å²) in [5.41, 5.74) is 2.81. The molecule has 0 fully saturated rings. The average molecular weight is 318 g/mol. The highest BCUT2D eigenvalue weighted by atomic mass is 16.5. The van der Waals surface area contributed by atoms with Crippen molar-refractivity contribution in [1.82, 2.24) is 19.4 Å². The van der Waals surface area contributed by atoms with Crippen molar-refractivity contribution < 1.29 is 9.47 Å². The fourth-order valence-electron chi connectivity index (χ4n) is 2.38. The molecule has 0 saturated carbocycles. The third-order valence-corrected chi connectivity index (χ3v) is 3.60. The lowest BCUT2D eigenvalue weighted by Gasteiger charge is -2.06. The number of methoxy groups -OCH3 is 1. The molecule has 4 rings (SSSR count). The Morgan fingerprint density at radius 2 is 1.75 bits per heavy atom. The second-order valence-electron chi connectivity index (χ2n) is 5.15. The number of imidazole rings is 1. The number of nitrogens with zero attached hydrogens (tertiary/aromatic N) is 4. The second kappa shape index (κ2) is 6.00. The molecule has 3 aromatic heterocycles. The molecule has 0 radical (unpaired) electrons. The topological polar surface area (TPSA) is 61.5 Å². The van der Waals surface area contributed by atoms with E-state index in [0.717, 1.165) is 22.5 Å². The molecule has 1 aromatic carbocycles. The summed E-state index contributed by atoms with van der Waals surface area (Å²) in [6, 6.07) is 11.5. The van der Waals surface area contributed by atoms with Crippen LogP contribution in [0.25, 0.3) is 16.8 Å². The van der Waals surface area contributed by atoms with Crippen molar-refractivity contribution in [2.24, 2.45) is 0 Å². The minimum atomic E-state index is 0.288. The van der Waals surface area contributed by atoms with Crippen LogP contribution in [0.4, 0.5) is 0 Å². The molecule has 0 saturated heterocycles. The van der Waals surface area contributed by atoms with Crippen LogP contribution in [-0.4, -0.2) is 26.5 Å². The van der Waals surface area contributed by atoms with E-state index in [1.165, 1.54) is 0 Å². The van der Waals surface area contributed by atoms with E-state index in [9.17, 15) is 0 Å². The lowest BCUT2D eigenvalue weighted by atomic mass is 10.1. The molecule has 0 amide bonds. The van der Waals surface area contributed by atoms with Gasteiger partial charge >= 0.3 is 6.01 Å². The maximum Gasteiger partial charge on any atom is 0.321 e. The standard InChI is InChI=1S/C18H14N4O2/c1-23-15-3-2-4-16(9-15)24-18-20-10-14(11-21-18)13-5-6-17-19-7-8-22(17)12-13/h2-12H,1H3. The highest BCUT2D eigenvalue weighted by molar-refractivity contribution is 5.63. The zero-order valence-corrected chi connectivity index (χ0v) is 13.0. The molecule has 0 spiro atoms. The SMILES string of the molecule is COc1cccc(Oc2ncc(-c3ccc4nccn4c3)cn2)c1.